The summed E-state index contributed by atoms with van der Waals surface area (Å²) < 4.78 is 0. The van der Waals surface area contributed by atoms with E-state index >= 15 is 0 Å². The molecule has 0 aromatic carbocycles. The maximum absolute atomic E-state index is 11.2. The van der Waals surface area contributed by atoms with Gasteiger partial charge in [0.15, 0.2) is 0 Å². The van der Waals surface area contributed by atoms with Gasteiger partial charge >= 0.3 is 0 Å². The molecule has 0 aromatic rings. The van der Waals surface area contributed by atoms with Crippen LogP contribution in [0.15, 0.2) is 0 Å². The highest BCUT2D eigenvalue weighted by Crippen LogP contribution is 2.10. The largest absolute Gasteiger partial charge is 0.356 e. The Hall–Kier alpha value is -0.900. The summed E-state index contributed by atoms with van der Waals surface area (Å²) in [5.74, 6) is -0.208. The number of likely N-dealkylation sites (tertiary alicyclic amines) is 1. The highest BCUT2D eigenvalue weighted by Gasteiger charge is 2.08. The van der Waals surface area contributed by atoms with Crippen LogP contribution in [-0.4, -0.2) is 42.8 Å². The number of unbranched alkanes of at least 4 members (excludes halogenated alkanes) is 3. The molecule has 0 spiro atoms. The second-order valence-corrected chi connectivity index (χ2v) is 5.55. The molecule has 0 radical (unpaired) electrons. The van der Waals surface area contributed by atoms with Crippen LogP contribution >= 0.6 is 0 Å². The first-order valence-electron chi connectivity index (χ1n) is 7.67. The molecule has 0 aliphatic carbocycles. The van der Waals surface area contributed by atoms with Gasteiger partial charge in [0.25, 0.3) is 0 Å². The summed E-state index contributed by atoms with van der Waals surface area (Å²) in [7, 11) is 0. The summed E-state index contributed by atoms with van der Waals surface area (Å²) in [4.78, 5) is 24.5. The summed E-state index contributed by atoms with van der Waals surface area (Å²) in [6, 6.07) is 0. The minimum Gasteiger partial charge on any atom is -0.356 e. The van der Waals surface area contributed by atoms with E-state index in [2.05, 4.69) is 10.2 Å². The SMILES string of the molecule is CC(=O)CC(=O)NCCCCCCN1CCCCC1. The maximum Gasteiger partial charge on any atom is 0.227 e. The van der Waals surface area contributed by atoms with Crippen LogP contribution in [0.3, 0.4) is 0 Å². The molecular formula is C15H28N2O2. The van der Waals surface area contributed by atoms with Crippen LogP contribution in [0.1, 0.15) is 58.3 Å². The molecular weight excluding hydrogens is 240 g/mol. The third kappa shape index (κ3) is 8.76. The molecule has 1 heterocycles. The Labute approximate surface area is 116 Å². The lowest BCUT2D eigenvalue weighted by atomic mass is 10.1. The van der Waals surface area contributed by atoms with Crippen molar-refractivity contribution in [3.63, 3.8) is 0 Å². The van der Waals surface area contributed by atoms with Crippen molar-refractivity contribution >= 4 is 11.7 Å². The van der Waals surface area contributed by atoms with Crippen molar-refractivity contribution in [2.75, 3.05) is 26.2 Å². The van der Waals surface area contributed by atoms with E-state index in [1.54, 1.807) is 0 Å². The zero-order valence-corrected chi connectivity index (χ0v) is 12.2. The van der Waals surface area contributed by atoms with Crippen LogP contribution in [0.5, 0.6) is 0 Å². The predicted molar refractivity (Wildman–Crippen MR) is 77.1 cm³/mol. The lowest BCUT2D eigenvalue weighted by molar-refractivity contribution is -0.127. The molecule has 110 valence electrons. The van der Waals surface area contributed by atoms with Gasteiger partial charge in [-0.3, -0.25) is 9.59 Å². The molecule has 1 amide bonds. The van der Waals surface area contributed by atoms with Crippen molar-refractivity contribution in [1.82, 2.24) is 10.2 Å². The molecule has 1 rings (SSSR count). The normalized spacial score (nSPS) is 16.3. The average Bonchev–Trinajstić information content (AvgIpc) is 2.38. The Morgan fingerprint density at radius 2 is 1.68 bits per heavy atom. The minimum absolute atomic E-state index is 0.0228. The molecule has 1 fully saturated rings. The van der Waals surface area contributed by atoms with E-state index in [0.29, 0.717) is 6.54 Å². The number of amides is 1. The summed E-state index contributed by atoms with van der Waals surface area (Å²) in [5, 5.41) is 2.78. The first-order valence-corrected chi connectivity index (χ1v) is 7.67. The Bertz CT molecular complexity index is 273. The number of hydrogen-bond acceptors (Lipinski definition) is 3. The standard InChI is InChI=1S/C15H28N2O2/c1-14(18)13-15(19)16-9-5-2-3-6-10-17-11-7-4-8-12-17/h2-13H2,1H3,(H,16,19). The number of nitrogens with zero attached hydrogens (tertiary/aromatic N) is 1. The number of rotatable bonds is 9. The lowest BCUT2D eigenvalue weighted by Gasteiger charge is -2.26. The van der Waals surface area contributed by atoms with Gasteiger partial charge in [-0.25, -0.2) is 0 Å². The second-order valence-electron chi connectivity index (χ2n) is 5.55. The third-order valence-electron chi connectivity index (χ3n) is 3.58. The first-order chi connectivity index (χ1) is 9.18. The Kier molecular flexibility index (Phi) is 8.47. The third-order valence-corrected chi connectivity index (χ3v) is 3.58. The predicted octanol–water partition coefficient (Wildman–Crippen LogP) is 2.13. The van der Waals surface area contributed by atoms with E-state index in [1.807, 2.05) is 0 Å². The van der Waals surface area contributed by atoms with Gasteiger partial charge in [0.1, 0.15) is 5.78 Å². The van der Waals surface area contributed by atoms with Crippen LogP contribution < -0.4 is 5.32 Å². The molecule has 0 atom stereocenters. The zero-order valence-electron chi connectivity index (χ0n) is 12.2. The first kappa shape index (κ1) is 16.2. The Balaban J connectivity index is 1.85. The summed E-state index contributed by atoms with van der Waals surface area (Å²) in [6.07, 6.45) is 8.83. The number of carbonyl (C=O) groups is 2. The van der Waals surface area contributed by atoms with Crippen LogP contribution in [-0.2, 0) is 9.59 Å². The molecule has 1 aliphatic heterocycles. The lowest BCUT2D eigenvalue weighted by Crippen LogP contribution is -2.30. The van der Waals surface area contributed by atoms with E-state index in [0.717, 1.165) is 12.8 Å². The quantitative estimate of drug-likeness (QED) is 0.515. The maximum atomic E-state index is 11.2. The molecule has 0 bridgehead atoms. The van der Waals surface area contributed by atoms with Gasteiger partial charge in [0, 0.05) is 6.54 Å². The van der Waals surface area contributed by atoms with Crippen molar-refractivity contribution in [1.29, 1.82) is 0 Å². The van der Waals surface area contributed by atoms with Gasteiger partial charge in [-0.15, -0.1) is 0 Å². The van der Waals surface area contributed by atoms with Gasteiger partial charge in [-0.05, 0) is 52.2 Å². The van der Waals surface area contributed by atoms with E-state index in [-0.39, 0.29) is 18.1 Å². The van der Waals surface area contributed by atoms with E-state index in [4.69, 9.17) is 0 Å². The van der Waals surface area contributed by atoms with Gasteiger partial charge in [-0.2, -0.15) is 0 Å². The van der Waals surface area contributed by atoms with Gasteiger partial charge in [-0.1, -0.05) is 19.3 Å². The second kappa shape index (κ2) is 9.96. The summed E-state index contributed by atoms with van der Waals surface area (Å²) in [5.41, 5.74) is 0. The van der Waals surface area contributed by atoms with E-state index in [9.17, 15) is 9.59 Å². The average molecular weight is 268 g/mol. The topological polar surface area (TPSA) is 49.4 Å². The summed E-state index contributed by atoms with van der Waals surface area (Å²) >= 11 is 0. The van der Waals surface area contributed by atoms with Crippen molar-refractivity contribution in [2.24, 2.45) is 0 Å². The van der Waals surface area contributed by atoms with E-state index in [1.165, 1.54) is 58.7 Å². The molecule has 19 heavy (non-hydrogen) atoms. The number of Topliss-reactive ketones (excluding diaryl/α,β-unsaturated/α-hetero) is 1. The van der Waals surface area contributed by atoms with Crippen molar-refractivity contribution in [3.05, 3.63) is 0 Å². The van der Waals surface area contributed by atoms with Crippen molar-refractivity contribution in [2.45, 2.75) is 58.3 Å². The molecule has 0 saturated carbocycles. The van der Waals surface area contributed by atoms with E-state index < -0.39 is 0 Å². The van der Waals surface area contributed by atoms with Crippen LogP contribution in [0.4, 0.5) is 0 Å². The highest BCUT2D eigenvalue weighted by atomic mass is 16.2. The minimum atomic E-state index is -0.138. The molecule has 4 heteroatoms. The highest BCUT2D eigenvalue weighted by molar-refractivity contribution is 5.96. The molecule has 1 aliphatic rings. The number of piperidine rings is 1. The van der Waals surface area contributed by atoms with Crippen molar-refractivity contribution in [3.8, 4) is 0 Å². The van der Waals surface area contributed by atoms with Crippen LogP contribution in [0, 0.1) is 0 Å². The Morgan fingerprint density at radius 1 is 1.00 bits per heavy atom. The van der Waals surface area contributed by atoms with Crippen molar-refractivity contribution < 1.29 is 9.59 Å². The number of carbonyl (C=O) groups excluding carboxylic acids is 2. The van der Waals surface area contributed by atoms with Gasteiger partial charge in [0.2, 0.25) is 5.91 Å². The molecule has 0 aromatic heterocycles. The van der Waals surface area contributed by atoms with Gasteiger partial charge < -0.3 is 10.2 Å². The van der Waals surface area contributed by atoms with Crippen LogP contribution in [0.25, 0.3) is 0 Å². The number of hydrogen-bond donors (Lipinski definition) is 1. The number of ketones is 1. The fourth-order valence-electron chi connectivity index (χ4n) is 2.51. The number of nitrogens with one attached hydrogen (secondary N) is 1. The summed E-state index contributed by atoms with van der Waals surface area (Å²) in [6.45, 7) is 5.94. The molecule has 1 N–H and O–H groups in total. The molecule has 4 nitrogen and oxygen atoms in total. The molecule has 0 unspecified atom stereocenters. The smallest absolute Gasteiger partial charge is 0.227 e. The fourth-order valence-corrected chi connectivity index (χ4v) is 2.51. The van der Waals surface area contributed by atoms with Gasteiger partial charge in [0.05, 0.1) is 6.42 Å². The zero-order chi connectivity index (χ0) is 13.9. The monoisotopic (exact) mass is 268 g/mol. The fraction of sp³-hybridized carbons (Fsp3) is 0.867. The molecule has 1 saturated heterocycles. The van der Waals surface area contributed by atoms with Crippen LogP contribution in [0.2, 0.25) is 0 Å². The Morgan fingerprint density at radius 3 is 2.37 bits per heavy atom.